The number of carbonyl (C=O) groups excluding carboxylic acids is 1. The molecule has 4 heteroatoms. The standard InChI is InChI=1S/C18H26O4/c1-2-15(19)11-12-16-14(10-13-17(16)20)8-6-4-3-5-7-9-18(21)22/h4,6,10-16,19H,2-3,5,7-9H2,1H3,(H,21,22)/b6-4-,12-11+/t14-,15-,16-/m1/s1. The number of ketones is 1. The first kappa shape index (κ1) is 18.4. The van der Waals surface area contributed by atoms with E-state index in [4.69, 9.17) is 5.11 Å². The molecule has 0 aromatic carbocycles. The van der Waals surface area contributed by atoms with Gasteiger partial charge in [0.1, 0.15) is 0 Å². The van der Waals surface area contributed by atoms with Crippen molar-refractivity contribution in [2.45, 2.75) is 51.6 Å². The molecular formula is C18H26O4. The van der Waals surface area contributed by atoms with Gasteiger partial charge in [0.15, 0.2) is 5.78 Å². The summed E-state index contributed by atoms with van der Waals surface area (Å²) in [5.41, 5.74) is 0. The Hall–Kier alpha value is -1.68. The maximum atomic E-state index is 11.8. The van der Waals surface area contributed by atoms with Crippen LogP contribution in [0.1, 0.15) is 45.4 Å². The van der Waals surface area contributed by atoms with E-state index >= 15 is 0 Å². The zero-order valence-corrected chi connectivity index (χ0v) is 13.1. The van der Waals surface area contributed by atoms with Crippen molar-refractivity contribution < 1.29 is 19.8 Å². The summed E-state index contributed by atoms with van der Waals surface area (Å²) >= 11 is 0. The molecule has 0 heterocycles. The second-order valence-corrected chi connectivity index (χ2v) is 5.66. The molecule has 22 heavy (non-hydrogen) atoms. The summed E-state index contributed by atoms with van der Waals surface area (Å²) in [6.07, 6.45) is 14.8. The number of rotatable bonds is 10. The molecule has 0 aliphatic heterocycles. The number of carboxylic acid groups (broad SMARTS) is 1. The minimum Gasteiger partial charge on any atom is -0.481 e. The van der Waals surface area contributed by atoms with Gasteiger partial charge in [0.25, 0.3) is 0 Å². The lowest BCUT2D eigenvalue weighted by atomic mass is 9.91. The van der Waals surface area contributed by atoms with E-state index in [1.807, 2.05) is 19.1 Å². The van der Waals surface area contributed by atoms with Crippen molar-refractivity contribution in [3.63, 3.8) is 0 Å². The fraction of sp³-hybridized carbons (Fsp3) is 0.556. The summed E-state index contributed by atoms with van der Waals surface area (Å²) in [5.74, 6) is -0.664. The molecule has 0 radical (unpaired) electrons. The number of hydrogen-bond acceptors (Lipinski definition) is 3. The van der Waals surface area contributed by atoms with Crippen LogP contribution in [0.5, 0.6) is 0 Å². The van der Waals surface area contributed by atoms with E-state index in [9.17, 15) is 14.7 Å². The minimum absolute atomic E-state index is 0.0967. The van der Waals surface area contributed by atoms with Crippen LogP contribution in [0.15, 0.2) is 36.5 Å². The number of aliphatic carboxylic acids is 1. The highest BCUT2D eigenvalue weighted by atomic mass is 16.4. The van der Waals surface area contributed by atoms with Crippen molar-refractivity contribution in [2.24, 2.45) is 11.8 Å². The summed E-state index contributed by atoms with van der Waals surface area (Å²) in [4.78, 5) is 22.2. The highest BCUT2D eigenvalue weighted by Gasteiger charge is 2.26. The molecule has 1 aliphatic carbocycles. The lowest BCUT2D eigenvalue weighted by molar-refractivity contribution is -0.137. The third-order valence-electron chi connectivity index (χ3n) is 3.84. The summed E-state index contributed by atoms with van der Waals surface area (Å²) in [6, 6.07) is 0. The Morgan fingerprint density at radius 3 is 2.82 bits per heavy atom. The predicted molar refractivity (Wildman–Crippen MR) is 86.4 cm³/mol. The zero-order chi connectivity index (χ0) is 16.4. The number of unbranched alkanes of at least 4 members (excludes halogenated alkanes) is 2. The maximum absolute atomic E-state index is 11.8. The van der Waals surface area contributed by atoms with Gasteiger partial charge < -0.3 is 10.2 Å². The lowest BCUT2D eigenvalue weighted by Gasteiger charge is -2.13. The van der Waals surface area contributed by atoms with Gasteiger partial charge in [-0.3, -0.25) is 9.59 Å². The molecule has 4 nitrogen and oxygen atoms in total. The minimum atomic E-state index is -0.748. The molecule has 0 fully saturated rings. The van der Waals surface area contributed by atoms with Crippen molar-refractivity contribution in [1.29, 1.82) is 0 Å². The van der Waals surface area contributed by atoms with Crippen molar-refractivity contribution in [3.8, 4) is 0 Å². The van der Waals surface area contributed by atoms with Crippen LogP contribution >= 0.6 is 0 Å². The van der Waals surface area contributed by atoms with Gasteiger partial charge in [0, 0.05) is 12.3 Å². The van der Waals surface area contributed by atoms with Gasteiger partial charge in [-0.1, -0.05) is 37.3 Å². The topological polar surface area (TPSA) is 74.6 Å². The van der Waals surface area contributed by atoms with Crippen LogP contribution in [-0.2, 0) is 9.59 Å². The van der Waals surface area contributed by atoms with Crippen molar-refractivity contribution in [3.05, 3.63) is 36.5 Å². The van der Waals surface area contributed by atoms with Crippen molar-refractivity contribution in [1.82, 2.24) is 0 Å². The monoisotopic (exact) mass is 306 g/mol. The van der Waals surface area contributed by atoms with E-state index < -0.39 is 12.1 Å². The SMILES string of the molecule is CC[C@@H](O)/C=C/[C@H]1C(=O)C=C[C@H]1C/C=C\CCCCC(=O)O. The third kappa shape index (κ3) is 6.85. The quantitative estimate of drug-likeness (QED) is 0.480. The van der Waals surface area contributed by atoms with E-state index in [1.165, 1.54) is 0 Å². The fourth-order valence-electron chi connectivity index (χ4n) is 2.42. The Labute approximate surface area is 132 Å². The number of aliphatic hydroxyl groups is 1. The first-order valence-corrected chi connectivity index (χ1v) is 7.99. The Morgan fingerprint density at radius 1 is 1.36 bits per heavy atom. The lowest BCUT2D eigenvalue weighted by Crippen LogP contribution is -2.13. The Morgan fingerprint density at radius 2 is 2.14 bits per heavy atom. The van der Waals surface area contributed by atoms with Gasteiger partial charge in [-0.15, -0.1) is 0 Å². The van der Waals surface area contributed by atoms with Gasteiger partial charge in [-0.2, -0.15) is 0 Å². The van der Waals surface area contributed by atoms with E-state index in [0.29, 0.717) is 12.8 Å². The first-order chi connectivity index (χ1) is 10.5. The van der Waals surface area contributed by atoms with E-state index in [1.54, 1.807) is 12.2 Å². The van der Waals surface area contributed by atoms with Crippen LogP contribution in [0.2, 0.25) is 0 Å². The molecule has 3 atom stereocenters. The largest absolute Gasteiger partial charge is 0.481 e. The fourth-order valence-corrected chi connectivity index (χ4v) is 2.42. The average molecular weight is 306 g/mol. The Bertz CT molecular complexity index is 448. The van der Waals surface area contributed by atoms with E-state index in [0.717, 1.165) is 19.3 Å². The number of hydrogen-bond donors (Lipinski definition) is 2. The molecular weight excluding hydrogens is 280 g/mol. The molecule has 0 saturated heterocycles. The van der Waals surface area contributed by atoms with Gasteiger partial charge in [0.05, 0.1) is 6.10 Å². The summed E-state index contributed by atoms with van der Waals surface area (Å²) in [6.45, 7) is 1.90. The van der Waals surface area contributed by atoms with Crippen molar-refractivity contribution in [2.75, 3.05) is 0 Å². The van der Waals surface area contributed by atoms with Gasteiger partial charge in [-0.25, -0.2) is 0 Å². The molecule has 2 N–H and O–H groups in total. The Balaban J connectivity index is 2.34. The summed E-state index contributed by atoms with van der Waals surface area (Å²) < 4.78 is 0. The summed E-state index contributed by atoms with van der Waals surface area (Å²) in [5, 5.41) is 18.1. The highest BCUT2D eigenvalue weighted by molar-refractivity contribution is 5.95. The maximum Gasteiger partial charge on any atom is 0.303 e. The van der Waals surface area contributed by atoms with Gasteiger partial charge in [-0.05, 0) is 44.1 Å². The van der Waals surface area contributed by atoms with Gasteiger partial charge in [0.2, 0.25) is 0 Å². The van der Waals surface area contributed by atoms with E-state index in [-0.39, 0.29) is 24.0 Å². The smallest absolute Gasteiger partial charge is 0.303 e. The molecule has 122 valence electrons. The number of aliphatic hydroxyl groups excluding tert-OH is 1. The second kappa shape index (κ2) is 10.1. The summed E-state index contributed by atoms with van der Waals surface area (Å²) in [7, 11) is 0. The molecule has 1 rings (SSSR count). The number of allylic oxidation sites excluding steroid dienone is 5. The molecule has 0 aromatic rings. The van der Waals surface area contributed by atoms with Crippen LogP contribution in [0.4, 0.5) is 0 Å². The van der Waals surface area contributed by atoms with Gasteiger partial charge >= 0.3 is 5.97 Å². The van der Waals surface area contributed by atoms with E-state index in [2.05, 4.69) is 12.2 Å². The second-order valence-electron chi connectivity index (χ2n) is 5.66. The molecule has 0 aromatic heterocycles. The molecule has 0 spiro atoms. The molecule has 0 saturated carbocycles. The predicted octanol–water partition coefficient (Wildman–Crippen LogP) is 3.28. The van der Waals surface area contributed by atoms with Crippen LogP contribution in [0, 0.1) is 11.8 Å². The molecule has 0 bridgehead atoms. The number of carboxylic acids is 1. The Kier molecular flexibility index (Phi) is 8.44. The number of carbonyl (C=O) groups is 2. The highest BCUT2D eigenvalue weighted by Crippen LogP contribution is 2.27. The molecule has 0 amide bonds. The molecule has 0 unspecified atom stereocenters. The zero-order valence-electron chi connectivity index (χ0n) is 13.1. The molecule has 1 aliphatic rings. The van der Waals surface area contributed by atoms with Crippen LogP contribution < -0.4 is 0 Å². The van der Waals surface area contributed by atoms with Crippen LogP contribution in [0.25, 0.3) is 0 Å². The third-order valence-corrected chi connectivity index (χ3v) is 3.84. The average Bonchev–Trinajstić information content (AvgIpc) is 2.83. The normalized spacial score (nSPS) is 22.9. The van der Waals surface area contributed by atoms with Crippen LogP contribution in [0.3, 0.4) is 0 Å². The van der Waals surface area contributed by atoms with Crippen LogP contribution in [-0.4, -0.2) is 28.1 Å². The van der Waals surface area contributed by atoms with Crippen molar-refractivity contribution >= 4 is 11.8 Å². The first-order valence-electron chi connectivity index (χ1n) is 7.99.